The second kappa shape index (κ2) is 18.5. The zero-order chi connectivity index (χ0) is 39.7. The predicted molar refractivity (Wildman–Crippen MR) is 216 cm³/mol. The Morgan fingerprint density at radius 2 is 1.75 bits per heavy atom. The molecule has 1 aromatic heterocycles. The molecule has 0 saturated carbocycles. The van der Waals surface area contributed by atoms with Crippen molar-refractivity contribution in [2.45, 2.75) is 79.4 Å². The minimum absolute atomic E-state index is 0.0136. The summed E-state index contributed by atoms with van der Waals surface area (Å²) in [6.07, 6.45) is 0.0721. The number of aliphatic imine (C=N–C) groups is 1. The first-order valence-electron chi connectivity index (χ1n) is 16.4. The average Bonchev–Trinajstić information content (AvgIpc) is 3.47. The highest BCUT2D eigenvalue weighted by atomic mass is 32.2. The standard InChI is InChI=1S/C35H46N4O9S4Si/c1-21-16-23(37-33(43)47-13-15-53(6,7)8)18-25(38-28(40)20-50-14-12-29(41)42)30(21)22-10-9-11-24(17-22)52(45,46)27-19-26(51-32(27)49-5)31(36)39-34(44)48-35(2,3)4/h9-11,16-19H,12-15,20H2,1-8H3,(H,37,43)(H,38,40)(H,41,42)(H2,36,39,44). The number of aliphatic carboxylic acids is 1. The zero-order valence-corrected chi connectivity index (χ0v) is 35.2. The molecule has 3 amide bonds. The first-order valence-corrected chi connectivity index (χ1v) is 24.8. The normalized spacial score (nSPS) is 12.3. The molecule has 0 fully saturated rings. The van der Waals surface area contributed by atoms with Crippen LogP contribution >= 0.6 is 34.9 Å². The van der Waals surface area contributed by atoms with Gasteiger partial charge in [0, 0.05) is 25.1 Å². The van der Waals surface area contributed by atoms with E-state index in [2.05, 4.69) is 35.3 Å². The third-order valence-corrected chi connectivity index (χ3v) is 14.1. The molecular formula is C35H46N4O9S4Si. The molecule has 288 valence electrons. The zero-order valence-electron chi connectivity index (χ0n) is 30.9. The topological polar surface area (TPSA) is 204 Å². The number of rotatable bonds is 15. The van der Waals surface area contributed by atoms with Gasteiger partial charge in [0.2, 0.25) is 15.7 Å². The number of thioether (sulfide) groups is 2. The van der Waals surface area contributed by atoms with Crippen molar-refractivity contribution in [3.05, 3.63) is 52.9 Å². The van der Waals surface area contributed by atoms with Gasteiger partial charge < -0.3 is 25.6 Å². The number of carboxylic acids is 1. The molecule has 0 radical (unpaired) electrons. The van der Waals surface area contributed by atoms with E-state index in [0.717, 1.165) is 29.1 Å². The first kappa shape index (κ1) is 43.6. The van der Waals surface area contributed by atoms with Gasteiger partial charge in [0.1, 0.15) is 11.4 Å². The highest BCUT2D eigenvalue weighted by molar-refractivity contribution is 8.01. The predicted octanol–water partition coefficient (Wildman–Crippen LogP) is 7.95. The Morgan fingerprint density at radius 1 is 1.06 bits per heavy atom. The summed E-state index contributed by atoms with van der Waals surface area (Å²) in [5, 5.41) is 14.5. The molecule has 3 rings (SSSR count). The van der Waals surface area contributed by atoms with Crippen molar-refractivity contribution in [2.24, 2.45) is 10.7 Å². The highest BCUT2D eigenvalue weighted by Gasteiger charge is 2.27. The number of aryl methyl sites for hydroxylation is 1. The lowest BCUT2D eigenvalue weighted by atomic mass is 9.97. The number of hydrogen-bond donors (Lipinski definition) is 4. The summed E-state index contributed by atoms with van der Waals surface area (Å²) in [5.41, 5.74) is 7.55. The summed E-state index contributed by atoms with van der Waals surface area (Å²) < 4.78 is 39.4. The Balaban J connectivity index is 2.02. The van der Waals surface area contributed by atoms with Crippen molar-refractivity contribution >= 4 is 94.0 Å². The van der Waals surface area contributed by atoms with Crippen LogP contribution in [0.15, 0.2) is 61.5 Å². The van der Waals surface area contributed by atoms with Crippen LogP contribution in [0.25, 0.3) is 11.1 Å². The van der Waals surface area contributed by atoms with E-state index < -0.39 is 47.6 Å². The Labute approximate surface area is 323 Å². The number of hydrogen-bond acceptors (Lipinski definition) is 11. The van der Waals surface area contributed by atoms with E-state index in [0.29, 0.717) is 32.3 Å². The van der Waals surface area contributed by atoms with Crippen LogP contribution < -0.4 is 16.4 Å². The number of nitrogens with zero attached hydrogens (tertiary/aromatic N) is 1. The van der Waals surface area contributed by atoms with Gasteiger partial charge in [-0.3, -0.25) is 14.9 Å². The summed E-state index contributed by atoms with van der Waals surface area (Å²) >= 11 is 3.44. The maximum atomic E-state index is 14.2. The number of nitrogens with one attached hydrogen (secondary N) is 2. The third kappa shape index (κ3) is 13.5. The molecule has 0 unspecified atom stereocenters. The van der Waals surface area contributed by atoms with Gasteiger partial charge in [-0.15, -0.1) is 23.1 Å². The summed E-state index contributed by atoms with van der Waals surface area (Å²) in [5.74, 6) is -1.36. The molecular weight excluding hydrogens is 777 g/mol. The fourth-order valence-electron chi connectivity index (χ4n) is 4.65. The van der Waals surface area contributed by atoms with Gasteiger partial charge in [-0.1, -0.05) is 31.8 Å². The lowest BCUT2D eigenvalue weighted by molar-refractivity contribution is -0.136. The summed E-state index contributed by atoms with van der Waals surface area (Å²) in [6.45, 7) is 13.6. The van der Waals surface area contributed by atoms with E-state index in [-0.39, 0.29) is 45.0 Å². The Hall–Kier alpha value is -3.84. The van der Waals surface area contributed by atoms with Crippen molar-refractivity contribution in [3.63, 3.8) is 0 Å². The molecule has 2 aromatic carbocycles. The molecule has 0 bridgehead atoms. The molecule has 18 heteroatoms. The van der Waals surface area contributed by atoms with E-state index in [1.807, 2.05) is 0 Å². The van der Waals surface area contributed by atoms with Gasteiger partial charge in [-0.05, 0) is 81.5 Å². The van der Waals surface area contributed by atoms with Crippen LogP contribution in [0.4, 0.5) is 21.0 Å². The molecule has 0 aliphatic heterocycles. The Bertz CT molecular complexity index is 1990. The van der Waals surface area contributed by atoms with E-state index in [1.54, 1.807) is 58.2 Å². The van der Waals surface area contributed by atoms with Crippen LogP contribution in [0, 0.1) is 6.92 Å². The van der Waals surface area contributed by atoms with Crippen LogP contribution in [0.1, 0.15) is 37.6 Å². The monoisotopic (exact) mass is 822 g/mol. The number of benzene rings is 2. The van der Waals surface area contributed by atoms with Gasteiger partial charge in [0.05, 0.1) is 43.3 Å². The highest BCUT2D eigenvalue weighted by Crippen LogP contribution is 2.40. The molecule has 0 saturated heterocycles. The number of sulfone groups is 1. The van der Waals surface area contributed by atoms with Crippen LogP contribution in [-0.2, 0) is 28.9 Å². The molecule has 0 aliphatic rings. The number of ether oxygens (including phenoxy) is 2. The Kier molecular flexibility index (Phi) is 15.2. The molecule has 0 aliphatic carbocycles. The van der Waals surface area contributed by atoms with Crippen molar-refractivity contribution in [3.8, 4) is 11.1 Å². The average molecular weight is 823 g/mol. The van der Waals surface area contributed by atoms with Crippen molar-refractivity contribution in [1.82, 2.24) is 0 Å². The molecule has 3 aromatic rings. The van der Waals surface area contributed by atoms with Crippen molar-refractivity contribution in [2.75, 3.05) is 35.0 Å². The minimum Gasteiger partial charge on any atom is -0.481 e. The maximum absolute atomic E-state index is 14.2. The fraction of sp³-hybridized carbons (Fsp3) is 0.400. The number of anilines is 2. The lowest BCUT2D eigenvalue weighted by Crippen LogP contribution is -2.24. The lowest BCUT2D eigenvalue weighted by Gasteiger charge is -2.18. The van der Waals surface area contributed by atoms with Crippen LogP contribution in [0.2, 0.25) is 25.7 Å². The van der Waals surface area contributed by atoms with Crippen LogP contribution in [0.5, 0.6) is 0 Å². The largest absolute Gasteiger partial charge is 0.481 e. The molecule has 5 N–H and O–H groups in total. The number of carboxylic acid groups (broad SMARTS) is 1. The quantitative estimate of drug-likeness (QED) is 0.0379. The summed E-state index contributed by atoms with van der Waals surface area (Å²) in [6, 6.07) is 11.7. The molecule has 53 heavy (non-hydrogen) atoms. The molecule has 0 atom stereocenters. The number of carbonyl (C=O) groups excluding carboxylic acids is 3. The molecule has 0 spiro atoms. The van der Waals surface area contributed by atoms with Gasteiger partial charge in [-0.25, -0.2) is 18.0 Å². The van der Waals surface area contributed by atoms with Crippen LogP contribution in [0.3, 0.4) is 0 Å². The third-order valence-electron chi connectivity index (χ3n) is 7.07. The number of amides is 3. The van der Waals surface area contributed by atoms with Gasteiger partial charge in [0.15, 0.2) is 0 Å². The number of amidine groups is 1. The minimum atomic E-state index is -4.14. The van der Waals surface area contributed by atoms with Crippen molar-refractivity contribution < 1.29 is 42.2 Å². The summed E-state index contributed by atoms with van der Waals surface area (Å²) in [7, 11) is -5.58. The SMILES string of the molecule is CSc1sc(/C(N)=N\C(=O)OC(C)(C)C)cc1S(=O)(=O)c1cccc(-c2c(C)cc(NC(=O)OCC[Si](C)(C)C)cc2NC(=O)CSCCC(=O)O)c1. The van der Waals surface area contributed by atoms with Gasteiger partial charge in [0.25, 0.3) is 0 Å². The van der Waals surface area contributed by atoms with Gasteiger partial charge in [-0.2, -0.15) is 16.8 Å². The summed E-state index contributed by atoms with van der Waals surface area (Å²) in [4.78, 5) is 52.9. The number of thiophene rings is 1. The van der Waals surface area contributed by atoms with E-state index in [9.17, 15) is 27.6 Å². The van der Waals surface area contributed by atoms with Crippen molar-refractivity contribution in [1.29, 1.82) is 0 Å². The number of nitrogens with two attached hydrogens (primary N) is 1. The maximum Gasteiger partial charge on any atom is 0.436 e. The van der Waals surface area contributed by atoms with Gasteiger partial charge >= 0.3 is 18.2 Å². The van der Waals surface area contributed by atoms with Crippen LogP contribution in [-0.4, -0.2) is 81.5 Å². The first-order chi connectivity index (χ1) is 24.6. The molecule has 13 nitrogen and oxygen atoms in total. The second-order valence-electron chi connectivity index (χ2n) is 14.0. The van der Waals surface area contributed by atoms with E-state index >= 15 is 0 Å². The Morgan fingerprint density at radius 3 is 2.38 bits per heavy atom. The molecule has 1 heterocycles. The fourth-order valence-corrected chi connectivity index (χ4v) is 10.0. The second-order valence-corrected chi connectivity index (χ2v) is 24.8. The van der Waals surface area contributed by atoms with E-state index in [4.69, 9.17) is 20.3 Å². The number of carbonyl (C=O) groups is 4. The van der Waals surface area contributed by atoms with E-state index in [1.165, 1.54) is 30.0 Å². The smallest absolute Gasteiger partial charge is 0.436 e.